The Morgan fingerprint density at radius 3 is 2.40 bits per heavy atom. The predicted molar refractivity (Wildman–Crippen MR) is 42.5 cm³/mol. The Kier molecular flexibility index (Phi) is 3.06. The highest BCUT2D eigenvalue weighted by molar-refractivity contribution is 8.13. The average Bonchev–Trinajstić information content (AvgIpc) is 1.88. The van der Waals surface area contributed by atoms with Gasteiger partial charge in [-0.15, -0.1) is 0 Å². The van der Waals surface area contributed by atoms with Crippen LogP contribution in [0, 0.1) is 0 Å². The fourth-order valence-electron chi connectivity index (χ4n) is 1.33. The van der Waals surface area contributed by atoms with E-state index in [1.54, 1.807) is 0 Å². The molecule has 1 N–H and O–H groups in total. The number of thioether (sulfide) groups is 1. The Morgan fingerprint density at radius 1 is 1.30 bits per heavy atom. The minimum atomic E-state index is -0.716. The molecule has 0 aromatic rings. The van der Waals surface area contributed by atoms with E-state index >= 15 is 0 Å². The van der Waals surface area contributed by atoms with Gasteiger partial charge in [0.05, 0.1) is 0 Å². The molecule has 1 saturated carbocycles. The van der Waals surface area contributed by atoms with Crippen molar-refractivity contribution in [2.45, 2.75) is 37.4 Å². The standard InChI is InChI=1S/C7H12O2S/c8-7(9)10-6-4-2-1-3-5-6/h6H,1-5H2,(H,8,9). The van der Waals surface area contributed by atoms with Gasteiger partial charge in [-0.1, -0.05) is 19.3 Å². The van der Waals surface area contributed by atoms with E-state index in [0.717, 1.165) is 24.6 Å². The van der Waals surface area contributed by atoms with Crippen molar-refractivity contribution in [2.75, 3.05) is 0 Å². The number of carboxylic acid groups (broad SMARTS) is 1. The van der Waals surface area contributed by atoms with Crippen LogP contribution in [0.2, 0.25) is 0 Å². The summed E-state index contributed by atoms with van der Waals surface area (Å²) in [6.07, 6.45) is 5.90. The van der Waals surface area contributed by atoms with Crippen LogP contribution in [-0.2, 0) is 0 Å². The van der Waals surface area contributed by atoms with Crippen LogP contribution in [0.5, 0.6) is 0 Å². The van der Waals surface area contributed by atoms with Crippen molar-refractivity contribution < 1.29 is 9.90 Å². The first-order chi connectivity index (χ1) is 4.79. The van der Waals surface area contributed by atoms with E-state index in [0.29, 0.717) is 5.25 Å². The molecule has 58 valence electrons. The molecule has 0 radical (unpaired) electrons. The number of hydrogen-bond acceptors (Lipinski definition) is 2. The van der Waals surface area contributed by atoms with Crippen molar-refractivity contribution in [1.82, 2.24) is 0 Å². The van der Waals surface area contributed by atoms with E-state index in [-0.39, 0.29) is 0 Å². The van der Waals surface area contributed by atoms with Crippen molar-refractivity contribution in [3.05, 3.63) is 0 Å². The second-order valence-corrected chi connectivity index (χ2v) is 3.90. The summed E-state index contributed by atoms with van der Waals surface area (Å²) >= 11 is 1.09. The summed E-state index contributed by atoms with van der Waals surface area (Å²) in [5, 5.41) is 8.11. The van der Waals surface area contributed by atoms with E-state index in [1.165, 1.54) is 19.3 Å². The van der Waals surface area contributed by atoms with Gasteiger partial charge < -0.3 is 5.11 Å². The van der Waals surface area contributed by atoms with E-state index in [4.69, 9.17) is 5.11 Å². The quantitative estimate of drug-likeness (QED) is 0.640. The number of rotatable bonds is 1. The highest BCUT2D eigenvalue weighted by atomic mass is 32.2. The van der Waals surface area contributed by atoms with Gasteiger partial charge in [0.2, 0.25) is 0 Å². The largest absolute Gasteiger partial charge is 0.473 e. The Labute approximate surface area is 65.0 Å². The van der Waals surface area contributed by atoms with Gasteiger partial charge in [-0.3, -0.25) is 0 Å². The minimum Gasteiger partial charge on any atom is -0.473 e. The average molecular weight is 160 g/mol. The number of hydrogen-bond donors (Lipinski definition) is 1. The predicted octanol–water partition coefficient (Wildman–Crippen LogP) is 2.73. The zero-order chi connectivity index (χ0) is 7.40. The Morgan fingerprint density at radius 2 is 1.90 bits per heavy atom. The molecular weight excluding hydrogens is 148 g/mol. The fourth-order valence-corrected chi connectivity index (χ4v) is 2.18. The third kappa shape index (κ3) is 2.60. The first-order valence-corrected chi connectivity index (χ1v) is 4.56. The van der Waals surface area contributed by atoms with Crippen molar-refractivity contribution in [3.63, 3.8) is 0 Å². The van der Waals surface area contributed by atoms with E-state index in [2.05, 4.69) is 0 Å². The monoisotopic (exact) mass is 160 g/mol. The lowest BCUT2D eigenvalue weighted by Gasteiger charge is -2.18. The molecule has 0 spiro atoms. The summed E-state index contributed by atoms with van der Waals surface area (Å²) in [4.78, 5) is 10.2. The van der Waals surface area contributed by atoms with Crippen LogP contribution in [0.25, 0.3) is 0 Å². The molecule has 3 heteroatoms. The summed E-state index contributed by atoms with van der Waals surface area (Å²) in [5.74, 6) is 0. The lowest BCUT2D eigenvalue weighted by molar-refractivity contribution is 0.222. The first kappa shape index (κ1) is 7.92. The topological polar surface area (TPSA) is 37.3 Å². The summed E-state index contributed by atoms with van der Waals surface area (Å²) in [5.41, 5.74) is 0. The van der Waals surface area contributed by atoms with Gasteiger partial charge in [-0.2, -0.15) is 0 Å². The highest BCUT2D eigenvalue weighted by Crippen LogP contribution is 2.28. The Bertz CT molecular complexity index is 119. The van der Waals surface area contributed by atoms with Crippen LogP contribution in [-0.4, -0.2) is 15.7 Å². The lowest BCUT2D eigenvalue weighted by atomic mass is 10.0. The lowest BCUT2D eigenvalue weighted by Crippen LogP contribution is -2.09. The molecule has 0 saturated heterocycles. The van der Waals surface area contributed by atoms with Gasteiger partial charge in [-0.25, -0.2) is 4.79 Å². The molecule has 1 rings (SSSR count). The highest BCUT2D eigenvalue weighted by Gasteiger charge is 2.16. The van der Waals surface area contributed by atoms with Crippen molar-refractivity contribution in [2.24, 2.45) is 0 Å². The van der Waals surface area contributed by atoms with E-state index in [9.17, 15) is 4.79 Å². The maximum Gasteiger partial charge on any atom is 0.365 e. The van der Waals surface area contributed by atoms with Gasteiger partial charge in [0.25, 0.3) is 0 Å². The molecular formula is C7H12O2S. The molecule has 0 atom stereocenters. The van der Waals surface area contributed by atoms with Crippen LogP contribution >= 0.6 is 11.8 Å². The van der Waals surface area contributed by atoms with Crippen LogP contribution in [0.4, 0.5) is 4.79 Å². The van der Waals surface area contributed by atoms with Crippen LogP contribution in [0.15, 0.2) is 0 Å². The molecule has 1 aliphatic rings. The SMILES string of the molecule is O=C(O)SC1CCCCC1. The molecule has 0 amide bonds. The Hall–Kier alpha value is -0.180. The first-order valence-electron chi connectivity index (χ1n) is 3.68. The zero-order valence-corrected chi connectivity index (χ0v) is 6.69. The van der Waals surface area contributed by atoms with Crippen molar-refractivity contribution in [1.29, 1.82) is 0 Å². The Balaban J connectivity index is 2.19. The van der Waals surface area contributed by atoms with Gasteiger partial charge >= 0.3 is 5.30 Å². The summed E-state index contributed by atoms with van der Waals surface area (Å²) in [6, 6.07) is 0. The summed E-state index contributed by atoms with van der Waals surface area (Å²) in [6.45, 7) is 0. The van der Waals surface area contributed by atoms with Crippen LogP contribution < -0.4 is 0 Å². The van der Waals surface area contributed by atoms with E-state index in [1.807, 2.05) is 0 Å². The third-order valence-electron chi connectivity index (χ3n) is 1.82. The summed E-state index contributed by atoms with van der Waals surface area (Å²) in [7, 11) is 0. The number of carbonyl (C=O) groups is 1. The maximum atomic E-state index is 10.2. The maximum absolute atomic E-state index is 10.2. The van der Waals surface area contributed by atoms with Crippen molar-refractivity contribution >= 4 is 17.1 Å². The molecule has 0 unspecified atom stereocenters. The summed E-state index contributed by atoms with van der Waals surface area (Å²) < 4.78 is 0. The minimum absolute atomic E-state index is 0.395. The van der Waals surface area contributed by atoms with Gasteiger partial charge in [-0.05, 0) is 24.6 Å². The molecule has 1 fully saturated rings. The molecule has 0 aliphatic heterocycles. The second-order valence-electron chi connectivity index (χ2n) is 2.64. The molecule has 0 heterocycles. The second kappa shape index (κ2) is 3.86. The van der Waals surface area contributed by atoms with Gasteiger partial charge in [0.1, 0.15) is 0 Å². The smallest absolute Gasteiger partial charge is 0.365 e. The third-order valence-corrected chi connectivity index (χ3v) is 2.83. The molecule has 1 aliphatic carbocycles. The molecule has 0 bridgehead atoms. The van der Waals surface area contributed by atoms with Crippen molar-refractivity contribution in [3.8, 4) is 0 Å². The normalized spacial score (nSPS) is 20.8. The van der Waals surface area contributed by atoms with Crippen LogP contribution in [0.3, 0.4) is 0 Å². The zero-order valence-electron chi connectivity index (χ0n) is 5.88. The fraction of sp³-hybridized carbons (Fsp3) is 0.857. The van der Waals surface area contributed by atoms with Crippen LogP contribution in [0.1, 0.15) is 32.1 Å². The van der Waals surface area contributed by atoms with E-state index < -0.39 is 5.30 Å². The van der Waals surface area contributed by atoms with Gasteiger partial charge in [0, 0.05) is 5.25 Å². The van der Waals surface area contributed by atoms with Gasteiger partial charge in [0.15, 0.2) is 0 Å². The molecule has 2 nitrogen and oxygen atoms in total. The molecule has 10 heavy (non-hydrogen) atoms. The molecule has 0 aromatic heterocycles. The molecule has 0 aromatic carbocycles.